The van der Waals surface area contributed by atoms with Crippen LogP contribution in [0.1, 0.15) is 16.7 Å². The maximum Gasteiger partial charge on any atom is 0.418 e. The molecule has 0 bridgehead atoms. The fraction of sp³-hybridized carbons (Fsp3) is 0.333. The SMILES string of the molecule is CN(C)c1ncc(Br)c2c1CN(c1nc3c(C(F)(F)F)cccc3s1)CC2. The number of para-hydroxylation sites is 1. The van der Waals surface area contributed by atoms with E-state index < -0.39 is 11.7 Å². The van der Waals surface area contributed by atoms with E-state index in [1.54, 1.807) is 12.3 Å². The number of halogens is 4. The van der Waals surface area contributed by atoms with Crippen LogP contribution in [0.5, 0.6) is 0 Å². The zero-order valence-electron chi connectivity index (χ0n) is 14.6. The summed E-state index contributed by atoms with van der Waals surface area (Å²) in [7, 11) is 3.87. The van der Waals surface area contributed by atoms with E-state index in [-0.39, 0.29) is 5.52 Å². The Bertz CT molecular complexity index is 1020. The molecule has 0 amide bonds. The molecular formula is C18H16BrF3N4S. The molecule has 0 fully saturated rings. The molecule has 0 unspecified atom stereocenters. The van der Waals surface area contributed by atoms with Gasteiger partial charge in [-0.25, -0.2) is 9.97 Å². The van der Waals surface area contributed by atoms with Gasteiger partial charge in [0.25, 0.3) is 0 Å². The van der Waals surface area contributed by atoms with Gasteiger partial charge in [-0.2, -0.15) is 13.2 Å². The second kappa shape index (κ2) is 6.63. The molecule has 0 radical (unpaired) electrons. The first-order valence-corrected chi connectivity index (χ1v) is 9.92. The second-order valence-corrected chi connectivity index (χ2v) is 8.46. The van der Waals surface area contributed by atoms with Crippen molar-refractivity contribution in [3.05, 3.63) is 45.6 Å². The summed E-state index contributed by atoms with van der Waals surface area (Å²) in [6.45, 7) is 1.26. The van der Waals surface area contributed by atoms with Crippen LogP contribution in [0.25, 0.3) is 10.2 Å². The van der Waals surface area contributed by atoms with Crippen molar-refractivity contribution in [2.45, 2.75) is 19.1 Å². The molecule has 3 aromatic rings. The van der Waals surface area contributed by atoms with E-state index in [0.29, 0.717) is 22.9 Å². The average Bonchev–Trinajstić information content (AvgIpc) is 3.04. The van der Waals surface area contributed by atoms with Gasteiger partial charge in [-0.1, -0.05) is 17.4 Å². The third kappa shape index (κ3) is 3.27. The standard InChI is InChI=1S/C18H16BrF3N4S/c1-25(2)16-11-9-26(7-6-10(11)13(19)8-23-16)17-24-15-12(18(20,21)22)4-3-5-14(15)27-17/h3-5,8H,6-7,9H2,1-2H3. The van der Waals surface area contributed by atoms with Crippen molar-refractivity contribution >= 4 is 48.4 Å². The van der Waals surface area contributed by atoms with E-state index in [4.69, 9.17) is 0 Å². The summed E-state index contributed by atoms with van der Waals surface area (Å²) in [5.41, 5.74) is 1.62. The van der Waals surface area contributed by atoms with Gasteiger partial charge >= 0.3 is 6.18 Å². The lowest BCUT2D eigenvalue weighted by Gasteiger charge is -2.31. The topological polar surface area (TPSA) is 32.3 Å². The Morgan fingerprint density at radius 3 is 2.70 bits per heavy atom. The van der Waals surface area contributed by atoms with Crippen LogP contribution in [-0.2, 0) is 19.1 Å². The summed E-state index contributed by atoms with van der Waals surface area (Å²) < 4.78 is 41.4. The molecule has 3 heterocycles. The lowest BCUT2D eigenvalue weighted by molar-refractivity contribution is -0.136. The van der Waals surface area contributed by atoms with Gasteiger partial charge in [0.15, 0.2) is 5.13 Å². The maximum absolute atomic E-state index is 13.3. The third-order valence-corrected chi connectivity index (χ3v) is 6.38. The van der Waals surface area contributed by atoms with Crippen LogP contribution in [0.2, 0.25) is 0 Å². The number of rotatable bonds is 2. The highest BCUT2D eigenvalue weighted by atomic mass is 79.9. The van der Waals surface area contributed by atoms with Crippen LogP contribution in [0, 0.1) is 0 Å². The molecule has 9 heteroatoms. The van der Waals surface area contributed by atoms with Gasteiger partial charge in [-0.05, 0) is 40.0 Å². The monoisotopic (exact) mass is 456 g/mol. The number of pyridine rings is 1. The van der Waals surface area contributed by atoms with Crippen molar-refractivity contribution in [2.75, 3.05) is 30.4 Å². The molecule has 0 saturated carbocycles. The Kier molecular flexibility index (Phi) is 4.54. The predicted molar refractivity (Wildman–Crippen MR) is 106 cm³/mol. The Balaban J connectivity index is 1.76. The molecule has 1 aliphatic rings. The summed E-state index contributed by atoms with van der Waals surface area (Å²) in [4.78, 5) is 12.8. The smallest absolute Gasteiger partial charge is 0.362 e. The second-order valence-electron chi connectivity index (χ2n) is 6.60. The summed E-state index contributed by atoms with van der Waals surface area (Å²) in [6, 6.07) is 4.21. The number of benzene rings is 1. The molecule has 142 valence electrons. The van der Waals surface area contributed by atoms with Crippen molar-refractivity contribution in [3.63, 3.8) is 0 Å². The molecule has 1 aliphatic heterocycles. The van der Waals surface area contributed by atoms with Crippen molar-refractivity contribution < 1.29 is 13.2 Å². The number of thiazole rings is 1. The fourth-order valence-corrected chi connectivity index (χ4v) is 4.91. The van der Waals surface area contributed by atoms with Gasteiger partial charge in [-0.15, -0.1) is 0 Å². The lowest BCUT2D eigenvalue weighted by Crippen LogP contribution is -2.32. The van der Waals surface area contributed by atoms with Crippen LogP contribution in [0.15, 0.2) is 28.9 Å². The first-order chi connectivity index (χ1) is 12.8. The molecule has 0 saturated heterocycles. The molecule has 1 aromatic carbocycles. The van der Waals surface area contributed by atoms with Crippen LogP contribution in [-0.4, -0.2) is 30.6 Å². The van der Waals surface area contributed by atoms with Crippen molar-refractivity contribution in [2.24, 2.45) is 0 Å². The Morgan fingerprint density at radius 2 is 2.00 bits per heavy atom. The molecular weight excluding hydrogens is 441 g/mol. The maximum atomic E-state index is 13.3. The van der Waals surface area contributed by atoms with Gasteiger partial charge in [0.1, 0.15) is 5.82 Å². The predicted octanol–water partition coefficient (Wildman–Crippen LogP) is 5.10. The zero-order valence-corrected chi connectivity index (χ0v) is 17.0. The Morgan fingerprint density at radius 1 is 1.22 bits per heavy atom. The number of alkyl halides is 3. The van der Waals surface area contributed by atoms with E-state index >= 15 is 0 Å². The van der Waals surface area contributed by atoms with Crippen LogP contribution in [0.4, 0.5) is 24.1 Å². The fourth-order valence-electron chi connectivity index (χ4n) is 3.36. The Hall–Kier alpha value is -1.87. The number of hydrogen-bond donors (Lipinski definition) is 0. The summed E-state index contributed by atoms with van der Waals surface area (Å²) in [5, 5.41) is 0.608. The molecule has 27 heavy (non-hydrogen) atoms. The zero-order chi connectivity index (χ0) is 19.3. The Labute approximate surface area is 166 Å². The minimum atomic E-state index is -4.41. The van der Waals surface area contributed by atoms with Crippen LogP contribution >= 0.6 is 27.3 Å². The normalized spacial score (nSPS) is 14.5. The average molecular weight is 457 g/mol. The summed E-state index contributed by atoms with van der Waals surface area (Å²) in [6.07, 6.45) is -1.83. The molecule has 4 rings (SSSR count). The number of nitrogens with zero attached hydrogens (tertiary/aromatic N) is 4. The van der Waals surface area contributed by atoms with E-state index in [1.807, 2.05) is 23.9 Å². The molecule has 2 aromatic heterocycles. The van der Waals surface area contributed by atoms with E-state index in [9.17, 15) is 13.2 Å². The first kappa shape index (κ1) is 18.5. The van der Waals surface area contributed by atoms with E-state index in [2.05, 4.69) is 25.9 Å². The minimum Gasteiger partial charge on any atom is -0.362 e. The number of fused-ring (bicyclic) bond motifs is 2. The van der Waals surface area contributed by atoms with Gasteiger partial charge in [-0.3, -0.25) is 0 Å². The summed E-state index contributed by atoms with van der Waals surface area (Å²) >= 11 is 4.86. The molecule has 0 spiro atoms. The quantitative estimate of drug-likeness (QED) is 0.536. The highest BCUT2D eigenvalue weighted by Gasteiger charge is 2.34. The van der Waals surface area contributed by atoms with Crippen molar-refractivity contribution in [3.8, 4) is 0 Å². The minimum absolute atomic E-state index is 0.0241. The first-order valence-electron chi connectivity index (χ1n) is 8.31. The molecule has 0 N–H and O–H groups in total. The van der Waals surface area contributed by atoms with Gasteiger partial charge in [0, 0.05) is 43.4 Å². The van der Waals surface area contributed by atoms with Gasteiger partial charge in [0.05, 0.1) is 15.8 Å². The lowest BCUT2D eigenvalue weighted by atomic mass is 10.0. The third-order valence-electron chi connectivity index (χ3n) is 4.61. The molecule has 0 aliphatic carbocycles. The van der Waals surface area contributed by atoms with Crippen molar-refractivity contribution in [1.82, 2.24) is 9.97 Å². The van der Waals surface area contributed by atoms with E-state index in [0.717, 1.165) is 28.3 Å². The van der Waals surface area contributed by atoms with Crippen molar-refractivity contribution in [1.29, 1.82) is 0 Å². The van der Waals surface area contributed by atoms with Crippen LogP contribution < -0.4 is 9.80 Å². The highest BCUT2D eigenvalue weighted by molar-refractivity contribution is 9.10. The number of anilines is 2. The van der Waals surface area contributed by atoms with Gasteiger partial charge < -0.3 is 9.80 Å². The van der Waals surface area contributed by atoms with Gasteiger partial charge in [0.2, 0.25) is 0 Å². The number of aromatic nitrogens is 2. The highest BCUT2D eigenvalue weighted by Crippen LogP contribution is 2.40. The summed E-state index contributed by atoms with van der Waals surface area (Å²) in [5.74, 6) is 0.870. The van der Waals surface area contributed by atoms with Crippen LogP contribution in [0.3, 0.4) is 0 Å². The molecule has 4 nitrogen and oxygen atoms in total. The molecule has 0 atom stereocenters. The van der Waals surface area contributed by atoms with E-state index in [1.165, 1.54) is 23.0 Å². The number of hydrogen-bond acceptors (Lipinski definition) is 5. The largest absolute Gasteiger partial charge is 0.418 e.